The van der Waals surface area contributed by atoms with E-state index in [0.29, 0.717) is 6.42 Å². The van der Waals surface area contributed by atoms with E-state index in [1.807, 2.05) is 66.7 Å². The molecule has 158 valence electrons. The van der Waals surface area contributed by atoms with Gasteiger partial charge in [0.25, 0.3) is 0 Å². The third kappa shape index (κ3) is 4.31. The van der Waals surface area contributed by atoms with Crippen molar-refractivity contribution >= 4 is 12.1 Å². The lowest BCUT2D eigenvalue weighted by molar-refractivity contribution is -0.144. The second kappa shape index (κ2) is 8.64. The molecule has 1 atom stereocenters. The number of hydrogen-bond acceptors (Lipinski definition) is 3. The molecule has 2 N–H and O–H groups in total. The Labute approximate surface area is 181 Å². The zero-order valence-corrected chi connectivity index (χ0v) is 17.4. The van der Waals surface area contributed by atoms with Gasteiger partial charge >= 0.3 is 12.1 Å². The number of amides is 1. The van der Waals surface area contributed by atoms with E-state index in [4.69, 9.17) is 4.74 Å². The van der Waals surface area contributed by atoms with Crippen molar-refractivity contribution in [1.29, 1.82) is 0 Å². The van der Waals surface area contributed by atoms with Gasteiger partial charge in [-0.15, -0.1) is 0 Å². The van der Waals surface area contributed by atoms with Crippen molar-refractivity contribution in [3.8, 4) is 11.1 Å². The van der Waals surface area contributed by atoms with E-state index in [0.717, 1.165) is 27.8 Å². The summed E-state index contributed by atoms with van der Waals surface area (Å²) in [6, 6.07) is 25.8. The van der Waals surface area contributed by atoms with Gasteiger partial charge in [0.15, 0.2) is 0 Å². The molecule has 0 aliphatic heterocycles. The molecule has 0 bridgehead atoms. The number of hydrogen-bond donors (Lipinski definition) is 2. The summed E-state index contributed by atoms with van der Waals surface area (Å²) in [4.78, 5) is 24.5. The highest BCUT2D eigenvalue weighted by molar-refractivity contribution is 5.84. The molecule has 0 aromatic heterocycles. The van der Waals surface area contributed by atoms with E-state index in [-0.39, 0.29) is 18.9 Å². The van der Waals surface area contributed by atoms with Gasteiger partial charge in [-0.1, -0.05) is 78.9 Å². The predicted octanol–water partition coefficient (Wildman–Crippen LogP) is 5.00. The summed E-state index contributed by atoms with van der Waals surface area (Å²) < 4.78 is 5.52. The Bertz CT molecular complexity index is 1050. The van der Waals surface area contributed by atoms with Crippen LogP contribution in [-0.2, 0) is 16.0 Å². The number of nitrogens with one attached hydrogen (secondary N) is 1. The molecule has 3 aromatic rings. The second-order valence-corrected chi connectivity index (χ2v) is 8.07. The molecule has 0 spiro atoms. The van der Waals surface area contributed by atoms with E-state index in [1.54, 1.807) is 0 Å². The highest BCUT2D eigenvalue weighted by atomic mass is 16.5. The van der Waals surface area contributed by atoms with Crippen LogP contribution < -0.4 is 5.32 Å². The van der Waals surface area contributed by atoms with Crippen LogP contribution in [-0.4, -0.2) is 29.3 Å². The third-order valence-electron chi connectivity index (χ3n) is 5.95. The molecule has 0 radical (unpaired) electrons. The molecule has 1 amide bonds. The average Bonchev–Trinajstić information content (AvgIpc) is 3.11. The van der Waals surface area contributed by atoms with Crippen molar-refractivity contribution in [3.63, 3.8) is 0 Å². The van der Waals surface area contributed by atoms with Crippen LogP contribution >= 0.6 is 0 Å². The first-order valence-electron chi connectivity index (χ1n) is 10.4. The molecule has 0 unspecified atom stereocenters. The van der Waals surface area contributed by atoms with Crippen molar-refractivity contribution in [3.05, 3.63) is 95.6 Å². The highest BCUT2D eigenvalue weighted by Gasteiger charge is 2.36. The first kappa shape index (κ1) is 20.7. The quantitative estimate of drug-likeness (QED) is 0.569. The van der Waals surface area contributed by atoms with Gasteiger partial charge in [-0.05, 0) is 47.6 Å². The number of rotatable bonds is 7. The summed E-state index contributed by atoms with van der Waals surface area (Å²) in [6.45, 7) is 1.66. The number of alkyl carbamates (subject to hydrolysis) is 1. The summed E-state index contributed by atoms with van der Waals surface area (Å²) in [7, 11) is 0. The summed E-state index contributed by atoms with van der Waals surface area (Å²) in [6.07, 6.45) is 0.0731. The van der Waals surface area contributed by atoms with Gasteiger partial charge in [0.2, 0.25) is 0 Å². The van der Waals surface area contributed by atoms with Crippen molar-refractivity contribution < 1.29 is 19.4 Å². The van der Waals surface area contributed by atoms with Gasteiger partial charge < -0.3 is 15.2 Å². The molecule has 1 aliphatic rings. The molecule has 0 fully saturated rings. The van der Waals surface area contributed by atoms with E-state index in [1.165, 1.54) is 6.92 Å². The molecule has 4 rings (SSSR count). The maximum absolute atomic E-state index is 12.6. The lowest BCUT2D eigenvalue weighted by Gasteiger charge is -2.26. The first-order chi connectivity index (χ1) is 15.0. The van der Waals surface area contributed by atoms with Crippen LogP contribution in [0.1, 0.15) is 36.0 Å². The summed E-state index contributed by atoms with van der Waals surface area (Å²) in [5.74, 6) is -1.16. The summed E-state index contributed by atoms with van der Waals surface area (Å²) in [5, 5.41) is 12.3. The summed E-state index contributed by atoms with van der Waals surface area (Å²) in [5.41, 5.74) is 4.11. The van der Waals surface area contributed by atoms with Crippen LogP contribution in [0, 0.1) is 0 Å². The van der Waals surface area contributed by atoms with Crippen LogP contribution in [0.2, 0.25) is 0 Å². The van der Waals surface area contributed by atoms with E-state index in [9.17, 15) is 14.7 Å². The monoisotopic (exact) mass is 415 g/mol. The Hall–Kier alpha value is -3.60. The van der Waals surface area contributed by atoms with Gasteiger partial charge in [0, 0.05) is 5.92 Å². The highest BCUT2D eigenvalue weighted by Crippen LogP contribution is 2.44. The van der Waals surface area contributed by atoms with E-state index >= 15 is 0 Å². The largest absolute Gasteiger partial charge is 0.480 e. The van der Waals surface area contributed by atoms with E-state index < -0.39 is 17.6 Å². The zero-order valence-electron chi connectivity index (χ0n) is 17.4. The lowest BCUT2D eigenvalue weighted by Crippen LogP contribution is -2.52. The zero-order chi connectivity index (χ0) is 21.8. The molecule has 3 aromatic carbocycles. The molecule has 5 nitrogen and oxygen atoms in total. The lowest BCUT2D eigenvalue weighted by atomic mass is 9.93. The SMILES string of the molecule is C[C@@](CCc1ccccc1)(NC(=O)OCC1c2ccccc2-c2ccccc21)C(=O)O. The van der Waals surface area contributed by atoms with Gasteiger partial charge in [-0.3, -0.25) is 0 Å². The first-order valence-corrected chi connectivity index (χ1v) is 10.4. The normalized spacial score (nSPS) is 14.2. The average molecular weight is 415 g/mol. The molecule has 1 aliphatic carbocycles. The third-order valence-corrected chi connectivity index (χ3v) is 5.95. The Balaban J connectivity index is 1.43. The molecule has 5 heteroatoms. The standard InChI is InChI=1S/C26H25NO4/c1-26(24(28)29,16-15-18-9-3-2-4-10-18)27-25(30)31-17-23-21-13-7-5-11-19(21)20-12-6-8-14-22(20)23/h2-14,23H,15-17H2,1H3,(H,27,30)(H,28,29)/t26-/m0/s1. The van der Waals surface area contributed by atoms with Crippen LogP contribution in [0.25, 0.3) is 11.1 Å². The van der Waals surface area contributed by atoms with Crippen molar-refractivity contribution in [1.82, 2.24) is 5.32 Å². The van der Waals surface area contributed by atoms with Crippen molar-refractivity contribution in [2.24, 2.45) is 0 Å². The van der Waals surface area contributed by atoms with Crippen LogP contribution in [0.4, 0.5) is 4.79 Å². The molecular formula is C26H25NO4. The maximum atomic E-state index is 12.6. The van der Waals surface area contributed by atoms with Gasteiger partial charge in [-0.25, -0.2) is 9.59 Å². The Morgan fingerprint density at radius 1 is 0.903 bits per heavy atom. The predicted molar refractivity (Wildman–Crippen MR) is 119 cm³/mol. The number of carboxylic acids is 1. The number of ether oxygens (including phenoxy) is 1. The summed E-state index contributed by atoms with van der Waals surface area (Å²) >= 11 is 0. The van der Waals surface area contributed by atoms with Gasteiger partial charge in [0.1, 0.15) is 12.1 Å². The molecule has 0 saturated heterocycles. The van der Waals surface area contributed by atoms with Crippen LogP contribution in [0.5, 0.6) is 0 Å². The molecular weight excluding hydrogens is 390 g/mol. The minimum Gasteiger partial charge on any atom is -0.480 e. The van der Waals surface area contributed by atoms with Crippen molar-refractivity contribution in [2.45, 2.75) is 31.2 Å². The van der Waals surface area contributed by atoms with Crippen LogP contribution in [0.15, 0.2) is 78.9 Å². The Kier molecular flexibility index (Phi) is 5.76. The van der Waals surface area contributed by atoms with Gasteiger partial charge in [0.05, 0.1) is 0 Å². The smallest absolute Gasteiger partial charge is 0.408 e. The number of carbonyl (C=O) groups is 2. The topological polar surface area (TPSA) is 75.6 Å². The van der Waals surface area contributed by atoms with Crippen molar-refractivity contribution in [2.75, 3.05) is 6.61 Å². The second-order valence-electron chi connectivity index (χ2n) is 8.07. The Morgan fingerprint density at radius 3 is 2.03 bits per heavy atom. The van der Waals surface area contributed by atoms with Gasteiger partial charge in [-0.2, -0.15) is 0 Å². The number of benzene rings is 3. The molecule has 0 heterocycles. The minimum atomic E-state index is -1.42. The number of aryl methyl sites for hydroxylation is 1. The fourth-order valence-electron chi connectivity index (χ4n) is 4.12. The number of carboxylic acid groups (broad SMARTS) is 1. The minimum absolute atomic E-state index is 0.0708. The van der Waals surface area contributed by atoms with Crippen LogP contribution in [0.3, 0.4) is 0 Å². The maximum Gasteiger partial charge on any atom is 0.408 e. The Morgan fingerprint density at radius 2 is 1.45 bits per heavy atom. The fourth-order valence-corrected chi connectivity index (χ4v) is 4.12. The number of fused-ring (bicyclic) bond motifs is 3. The number of aliphatic carboxylic acids is 1. The molecule has 0 saturated carbocycles. The number of carbonyl (C=O) groups excluding carboxylic acids is 1. The molecule has 31 heavy (non-hydrogen) atoms. The fraction of sp³-hybridized carbons (Fsp3) is 0.231. The van der Waals surface area contributed by atoms with E-state index in [2.05, 4.69) is 17.4 Å².